The predicted molar refractivity (Wildman–Crippen MR) is 64.7 cm³/mol. The zero-order valence-electron chi connectivity index (χ0n) is 10.3. The molecule has 0 aromatic heterocycles. The minimum Gasteiger partial charge on any atom is -0.312 e. The molecule has 1 aliphatic heterocycles. The van der Waals surface area contributed by atoms with Gasteiger partial charge < -0.3 is 10.6 Å². The first-order valence-electron chi connectivity index (χ1n) is 6.60. The zero-order valence-corrected chi connectivity index (χ0v) is 10.3. The van der Waals surface area contributed by atoms with Crippen LogP contribution in [0.4, 0.5) is 0 Å². The van der Waals surface area contributed by atoms with Crippen LogP contribution in [0, 0.1) is 23.2 Å². The third kappa shape index (κ3) is 2.56. The van der Waals surface area contributed by atoms with Crippen LogP contribution in [0.25, 0.3) is 0 Å². The van der Waals surface area contributed by atoms with Crippen LogP contribution < -0.4 is 5.73 Å². The molecule has 2 fully saturated rings. The Bertz CT molecular complexity index is 279. The fourth-order valence-corrected chi connectivity index (χ4v) is 2.92. The lowest BCUT2D eigenvalue weighted by molar-refractivity contribution is 0.254. The number of rotatable bonds is 5. The molecule has 2 atom stereocenters. The topological polar surface area (TPSA) is 53.0 Å². The Balaban J connectivity index is 1.84. The van der Waals surface area contributed by atoms with E-state index in [1.807, 2.05) is 0 Å². The van der Waals surface area contributed by atoms with Crippen molar-refractivity contribution in [3.63, 3.8) is 0 Å². The van der Waals surface area contributed by atoms with Gasteiger partial charge in [0.1, 0.15) is 5.54 Å². The van der Waals surface area contributed by atoms with Crippen molar-refractivity contribution < 1.29 is 0 Å². The highest BCUT2D eigenvalue weighted by Gasteiger charge is 2.44. The molecule has 0 radical (unpaired) electrons. The van der Waals surface area contributed by atoms with Crippen LogP contribution in [0.1, 0.15) is 39.0 Å². The second-order valence-electron chi connectivity index (χ2n) is 5.60. The molecule has 1 heterocycles. The molecular weight excluding hydrogens is 198 g/mol. The van der Waals surface area contributed by atoms with Gasteiger partial charge >= 0.3 is 0 Å². The Kier molecular flexibility index (Phi) is 3.51. The first kappa shape index (κ1) is 11.9. The van der Waals surface area contributed by atoms with E-state index in [9.17, 15) is 5.26 Å². The van der Waals surface area contributed by atoms with Gasteiger partial charge in [-0.3, -0.25) is 0 Å². The first-order chi connectivity index (χ1) is 7.68. The lowest BCUT2D eigenvalue weighted by Gasteiger charge is -2.27. The summed E-state index contributed by atoms with van der Waals surface area (Å²) in [6.07, 6.45) is 6.18. The van der Waals surface area contributed by atoms with Gasteiger partial charge in [0.05, 0.1) is 6.07 Å². The molecular formula is C13H23N3. The van der Waals surface area contributed by atoms with Gasteiger partial charge in [0.2, 0.25) is 0 Å². The van der Waals surface area contributed by atoms with E-state index in [-0.39, 0.29) is 0 Å². The summed E-state index contributed by atoms with van der Waals surface area (Å²) in [4.78, 5) is 2.40. The molecule has 0 bridgehead atoms. The molecule has 2 rings (SSSR count). The van der Waals surface area contributed by atoms with E-state index >= 15 is 0 Å². The van der Waals surface area contributed by atoms with Gasteiger partial charge in [-0.1, -0.05) is 13.3 Å². The Morgan fingerprint density at radius 2 is 2.19 bits per heavy atom. The average molecular weight is 221 g/mol. The van der Waals surface area contributed by atoms with Gasteiger partial charge in [0.15, 0.2) is 0 Å². The largest absolute Gasteiger partial charge is 0.312 e. The van der Waals surface area contributed by atoms with Gasteiger partial charge in [-0.2, -0.15) is 5.26 Å². The summed E-state index contributed by atoms with van der Waals surface area (Å²) in [5.74, 6) is 1.30. The zero-order chi connectivity index (χ0) is 11.6. The summed E-state index contributed by atoms with van der Waals surface area (Å²) >= 11 is 0. The van der Waals surface area contributed by atoms with E-state index in [2.05, 4.69) is 17.9 Å². The van der Waals surface area contributed by atoms with E-state index in [1.165, 1.54) is 19.3 Å². The molecule has 3 nitrogen and oxygen atoms in total. The van der Waals surface area contributed by atoms with Crippen molar-refractivity contribution in [2.75, 3.05) is 19.6 Å². The van der Waals surface area contributed by atoms with E-state index in [4.69, 9.17) is 5.73 Å². The van der Waals surface area contributed by atoms with Crippen LogP contribution in [-0.4, -0.2) is 30.1 Å². The second kappa shape index (κ2) is 4.73. The normalized spacial score (nSPS) is 29.9. The SMILES string of the molecule is CCCC1CCN(CC(N)(C#N)C2CC2)C1. The van der Waals surface area contributed by atoms with Crippen molar-refractivity contribution in [3.05, 3.63) is 0 Å². The Labute approximate surface area is 98.6 Å². The molecule has 90 valence electrons. The van der Waals surface area contributed by atoms with Crippen molar-refractivity contribution in [2.45, 2.75) is 44.6 Å². The smallest absolute Gasteiger partial charge is 0.119 e. The summed E-state index contributed by atoms with van der Waals surface area (Å²) in [5, 5.41) is 9.22. The standard InChI is InChI=1S/C13H23N3/c1-2-3-11-6-7-16(8-11)10-13(15,9-14)12-4-5-12/h11-12H,2-8,10,15H2,1H3. The van der Waals surface area contributed by atoms with E-state index in [0.29, 0.717) is 5.92 Å². The number of likely N-dealkylation sites (tertiary alicyclic amines) is 1. The van der Waals surface area contributed by atoms with Gasteiger partial charge in [-0.25, -0.2) is 0 Å². The van der Waals surface area contributed by atoms with E-state index in [1.54, 1.807) is 0 Å². The minimum atomic E-state index is -0.568. The molecule has 0 aromatic carbocycles. The number of hydrogen-bond acceptors (Lipinski definition) is 3. The highest BCUT2D eigenvalue weighted by Crippen LogP contribution is 2.39. The maximum Gasteiger partial charge on any atom is 0.119 e. The Morgan fingerprint density at radius 1 is 1.44 bits per heavy atom. The van der Waals surface area contributed by atoms with Gasteiger partial charge in [-0.15, -0.1) is 0 Å². The highest BCUT2D eigenvalue weighted by atomic mass is 15.2. The van der Waals surface area contributed by atoms with Gasteiger partial charge in [-0.05, 0) is 44.1 Å². The van der Waals surface area contributed by atoms with E-state index < -0.39 is 5.54 Å². The molecule has 2 aliphatic rings. The lowest BCUT2D eigenvalue weighted by atomic mass is 9.96. The molecule has 0 spiro atoms. The predicted octanol–water partition coefficient (Wildman–Crippen LogP) is 1.74. The molecule has 3 heteroatoms. The average Bonchev–Trinajstić information content (AvgIpc) is 3.04. The highest BCUT2D eigenvalue weighted by molar-refractivity contribution is 5.15. The van der Waals surface area contributed by atoms with Crippen LogP contribution in [-0.2, 0) is 0 Å². The fraction of sp³-hybridized carbons (Fsp3) is 0.923. The van der Waals surface area contributed by atoms with Crippen LogP contribution in [0.15, 0.2) is 0 Å². The number of nitriles is 1. The maximum absolute atomic E-state index is 9.22. The summed E-state index contributed by atoms with van der Waals surface area (Å²) in [7, 11) is 0. The molecule has 1 saturated carbocycles. The fourth-order valence-electron chi connectivity index (χ4n) is 2.92. The third-order valence-corrected chi connectivity index (χ3v) is 4.07. The summed E-state index contributed by atoms with van der Waals surface area (Å²) < 4.78 is 0. The maximum atomic E-state index is 9.22. The quantitative estimate of drug-likeness (QED) is 0.769. The van der Waals surface area contributed by atoms with E-state index in [0.717, 1.165) is 38.4 Å². The lowest BCUT2D eigenvalue weighted by Crippen LogP contribution is -2.50. The summed E-state index contributed by atoms with van der Waals surface area (Å²) in [6, 6.07) is 2.35. The Hall–Kier alpha value is -0.590. The number of hydrogen-bond donors (Lipinski definition) is 1. The molecule has 1 aliphatic carbocycles. The van der Waals surface area contributed by atoms with Crippen LogP contribution >= 0.6 is 0 Å². The molecule has 0 amide bonds. The van der Waals surface area contributed by atoms with Crippen LogP contribution in [0.3, 0.4) is 0 Å². The van der Waals surface area contributed by atoms with Crippen molar-refractivity contribution >= 4 is 0 Å². The van der Waals surface area contributed by atoms with Crippen molar-refractivity contribution in [1.82, 2.24) is 4.90 Å². The number of nitrogens with zero attached hydrogens (tertiary/aromatic N) is 2. The molecule has 0 aromatic rings. The molecule has 16 heavy (non-hydrogen) atoms. The van der Waals surface area contributed by atoms with Crippen LogP contribution in [0.2, 0.25) is 0 Å². The van der Waals surface area contributed by atoms with Crippen LogP contribution in [0.5, 0.6) is 0 Å². The van der Waals surface area contributed by atoms with Gasteiger partial charge in [0, 0.05) is 13.1 Å². The first-order valence-corrected chi connectivity index (χ1v) is 6.60. The second-order valence-corrected chi connectivity index (χ2v) is 5.60. The third-order valence-electron chi connectivity index (χ3n) is 4.07. The summed E-state index contributed by atoms with van der Waals surface area (Å²) in [6.45, 7) is 5.32. The number of nitrogens with two attached hydrogens (primary N) is 1. The summed E-state index contributed by atoms with van der Waals surface area (Å²) in [5.41, 5.74) is 5.63. The van der Waals surface area contributed by atoms with Crippen molar-refractivity contribution in [2.24, 2.45) is 17.6 Å². The monoisotopic (exact) mass is 221 g/mol. The molecule has 2 N–H and O–H groups in total. The molecule has 1 saturated heterocycles. The Morgan fingerprint density at radius 3 is 2.75 bits per heavy atom. The minimum absolute atomic E-state index is 0.461. The van der Waals surface area contributed by atoms with Crippen molar-refractivity contribution in [3.8, 4) is 6.07 Å². The molecule has 2 unspecified atom stereocenters. The van der Waals surface area contributed by atoms with Crippen molar-refractivity contribution in [1.29, 1.82) is 5.26 Å². The van der Waals surface area contributed by atoms with Gasteiger partial charge in [0.25, 0.3) is 0 Å².